The van der Waals surface area contributed by atoms with Crippen LogP contribution in [0.2, 0.25) is 0 Å². The third kappa shape index (κ3) is 5.48. The molecule has 0 atom stereocenters. The Bertz CT molecular complexity index is 1370. The van der Waals surface area contributed by atoms with Gasteiger partial charge in [-0.2, -0.15) is 0 Å². The fraction of sp³-hybridized carbons (Fsp3) is 0.0909. The smallest absolute Gasteiger partial charge is 0.338 e. The summed E-state index contributed by atoms with van der Waals surface area (Å²) in [5.41, 5.74) is -0.509. The van der Waals surface area contributed by atoms with Gasteiger partial charge in [0.05, 0.1) is 35.3 Å². The molecule has 3 aromatic rings. The highest BCUT2D eigenvalue weighted by molar-refractivity contribution is 7.92. The Hall–Kier alpha value is -4.45. The van der Waals surface area contributed by atoms with Gasteiger partial charge in [0.2, 0.25) is 0 Å². The number of anilines is 2. The van der Waals surface area contributed by atoms with Crippen LogP contribution in [0.4, 0.5) is 17.1 Å². The summed E-state index contributed by atoms with van der Waals surface area (Å²) in [4.78, 5) is 34.8. The first kappa shape index (κ1) is 24.2. The average molecular weight is 485 g/mol. The lowest BCUT2D eigenvalue weighted by atomic mass is 10.1. The topological polar surface area (TPSA) is 154 Å². The van der Waals surface area contributed by atoms with Crippen molar-refractivity contribution in [2.75, 3.05) is 24.3 Å². The average Bonchev–Trinajstić information content (AvgIpc) is 2.83. The van der Waals surface area contributed by atoms with E-state index in [2.05, 4.69) is 14.8 Å². The van der Waals surface area contributed by atoms with Crippen molar-refractivity contribution in [1.82, 2.24) is 0 Å². The van der Waals surface area contributed by atoms with Crippen LogP contribution in [0.25, 0.3) is 0 Å². The maximum atomic E-state index is 12.8. The molecule has 0 bridgehead atoms. The summed E-state index contributed by atoms with van der Waals surface area (Å²) < 4.78 is 37.8. The van der Waals surface area contributed by atoms with Gasteiger partial charge in [-0.1, -0.05) is 18.2 Å². The number of non-ortho nitro benzene ring substituents is 1. The Balaban J connectivity index is 1.88. The molecule has 0 spiro atoms. The number of nitro groups is 1. The zero-order chi connectivity index (χ0) is 24.9. The van der Waals surface area contributed by atoms with Gasteiger partial charge in [-0.15, -0.1) is 0 Å². The molecule has 0 saturated carbocycles. The largest absolute Gasteiger partial charge is 0.495 e. The molecule has 176 valence electrons. The van der Waals surface area contributed by atoms with Crippen LogP contribution in [0.3, 0.4) is 0 Å². The van der Waals surface area contributed by atoms with Gasteiger partial charge in [-0.3, -0.25) is 19.6 Å². The number of esters is 1. The number of carbonyl (C=O) groups excluding carboxylic acids is 2. The standard InChI is InChI=1S/C22H19N3O8S/c1-32-20-9-4-3-8-19(20)24-34(30,31)18-7-5-6-16(13-18)23-21(26)14-10-15(22(27)33-2)12-17(11-14)25(28)29/h3-13,24H,1-2H3,(H,23,26). The van der Waals surface area contributed by atoms with E-state index in [9.17, 15) is 28.1 Å². The van der Waals surface area contributed by atoms with Gasteiger partial charge >= 0.3 is 5.97 Å². The van der Waals surface area contributed by atoms with E-state index >= 15 is 0 Å². The SMILES string of the molecule is COC(=O)c1cc(C(=O)Nc2cccc(S(=O)(=O)Nc3ccccc3OC)c2)cc([N+](=O)[O-])c1. The molecule has 3 aromatic carbocycles. The summed E-state index contributed by atoms with van der Waals surface area (Å²) in [6.45, 7) is 0. The van der Waals surface area contributed by atoms with E-state index in [0.717, 1.165) is 25.3 Å². The number of amides is 1. The number of para-hydroxylation sites is 2. The molecule has 34 heavy (non-hydrogen) atoms. The molecule has 0 heterocycles. The lowest BCUT2D eigenvalue weighted by Crippen LogP contribution is -2.16. The maximum Gasteiger partial charge on any atom is 0.338 e. The second-order valence-corrected chi connectivity index (χ2v) is 8.49. The highest BCUT2D eigenvalue weighted by Gasteiger charge is 2.20. The van der Waals surface area contributed by atoms with Crippen LogP contribution in [0.1, 0.15) is 20.7 Å². The number of hydrogen-bond donors (Lipinski definition) is 2. The molecular weight excluding hydrogens is 466 g/mol. The molecule has 3 rings (SSSR count). The van der Waals surface area contributed by atoms with E-state index in [1.807, 2.05) is 0 Å². The number of carbonyl (C=O) groups is 2. The number of benzene rings is 3. The molecule has 11 nitrogen and oxygen atoms in total. The lowest BCUT2D eigenvalue weighted by Gasteiger charge is -2.13. The van der Waals surface area contributed by atoms with Gasteiger partial charge in [-0.05, 0) is 36.4 Å². The zero-order valence-corrected chi connectivity index (χ0v) is 18.8. The Morgan fingerprint density at radius 3 is 2.32 bits per heavy atom. The number of nitro benzene ring substituents is 1. The van der Waals surface area contributed by atoms with Crippen LogP contribution < -0.4 is 14.8 Å². The van der Waals surface area contributed by atoms with Crippen LogP contribution >= 0.6 is 0 Å². The van der Waals surface area contributed by atoms with Crippen LogP contribution in [-0.4, -0.2) is 39.4 Å². The predicted molar refractivity (Wildman–Crippen MR) is 123 cm³/mol. The van der Waals surface area contributed by atoms with E-state index in [-0.39, 0.29) is 27.4 Å². The maximum absolute atomic E-state index is 12.8. The minimum Gasteiger partial charge on any atom is -0.495 e. The molecule has 0 aliphatic heterocycles. The van der Waals surface area contributed by atoms with Gasteiger partial charge in [0, 0.05) is 23.4 Å². The first-order chi connectivity index (χ1) is 16.1. The number of ether oxygens (including phenoxy) is 2. The second kappa shape index (κ2) is 10.0. The number of nitrogens with one attached hydrogen (secondary N) is 2. The Morgan fingerprint density at radius 2 is 1.65 bits per heavy atom. The van der Waals surface area contributed by atoms with Crippen molar-refractivity contribution >= 4 is 39.0 Å². The summed E-state index contributed by atoms with van der Waals surface area (Å²) in [5, 5.41) is 13.7. The van der Waals surface area contributed by atoms with Crippen molar-refractivity contribution in [2.24, 2.45) is 0 Å². The minimum absolute atomic E-state index is 0.110. The van der Waals surface area contributed by atoms with Crippen molar-refractivity contribution in [3.05, 3.63) is 88.0 Å². The third-order valence-electron chi connectivity index (χ3n) is 4.57. The minimum atomic E-state index is -4.04. The lowest BCUT2D eigenvalue weighted by molar-refractivity contribution is -0.384. The van der Waals surface area contributed by atoms with Crippen molar-refractivity contribution in [3.8, 4) is 5.75 Å². The summed E-state index contributed by atoms with van der Waals surface area (Å²) in [7, 11) is -1.53. The first-order valence-corrected chi connectivity index (χ1v) is 11.1. The molecule has 1 amide bonds. The molecule has 2 N–H and O–H groups in total. The third-order valence-corrected chi connectivity index (χ3v) is 5.93. The van der Waals surface area contributed by atoms with Gasteiger partial charge in [0.1, 0.15) is 5.75 Å². The zero-order valence-electron chi connectivity index (χ0n) is 18.0. The van der Waals surface area contributed by atoms with E-state index in [1.54, 1.807) is 18.2 Å². The van der Waals surface area contributed by atoms with Crippen molar-refractivity contribution in [3.63, 3.8) is 0 Å². The predicted octanol–water partition coefficient (Wildman–Crippen LogP) is 3.44. The molecule has 0 unspecified atom stereocenters. The summed E-state index contributed by atoms with van der Waals surface area (Å²) in [6.07, 6.45) is 0. The Kier molecular flexibility index (Phi) is 7.12. The monoisotopic (exact) mass is 485 g/mol. The summed E-state index contributed by atoms with van der Waals surface area (Å²) in [5.74, 6) is -1.32. The number of sulfonamides is 1. The Labute approximate surface area is 194 Å². The molecule has 12 heteroatoms. The number of rotatable bonds is 8. The van der Waals surface area contributed by atoms with Gasteiger partial charge < -0.3 is 14.8 Å². The first-order valence-electron chi connectivity index (χ1n) is 9.59. The van der Waals surface area contributed by atoms with Crippen LogP contribution in [0.15, 0.2) is 71.6 Å². The fourth-order valence-electron chi connectivity index (χ4n) is 2.96. The van der Waals surface area contributed by atoms with Crippen molar-refractivity contribution in [1.29, 1.82) is 0 Å². The molecular formula is C22H19N3O8S. The van der Waals surface area contributed by atoms with Gasteiger partial charge in [0.25, 0.3) is 21.6 Å². The normalized spacial score (nSPS) is 10.8. The second-order valence-electron chi connectivity index (χ2n) is 6.80. The van der Waals surface area contributed by atoms with Gasteiger partial charge in [0.15, 0.2) is 0 Å². The summed E-state index contributed by atoms with van der Waals surface area (Å²) in [6, 6.07) is 15.0. The van der Waals surface area contributed by atoms with E-state index in [4.69, 9.17) is 4.74 Å². The molecule has 0 aromatic heterocycles. The highest BCUT2D eigenvalue weighted by Crippen LogP contribution is 2.27. The quantitative estimate of drug-likeness (QED) is 0.279. The van der Waals surface area contributed by atoms with Crippen molar-refractivity contribution < 1.29 is 32.4 Å². The molecule has 0 saturated heterocycles. The molecule has 0 aliphatic rings. The molecule has 0 aliphatic carbocycles. The molecule has 0 fully saturated rings. The van der Waals surface area contributed by atoms with E-state index in [1.165, 1.54) is 37.4 Å². The summed E-state index contributed by atoms with van der Waals surface area (Å²) >= 11 is 0. The van der Waals surface area contributed by atoms with E-state index in [0.29, 0.717) is 5.75 Å². The number of nitrogens with zero attached hydrogens (tertiary/aromatic N) is 1. The highest BCUT2D eigenvalue weighted by atomic mass is 32.2. The fourth-order valence-corrected chi connectivity index (χ4v) is 4.08. The van der Waals surface area contributed by atoms with Crippen LogP contribution in [0, 0.1) is 10.1 Å². The van der Waals surface area contributed by atoms with Crippen molar-refractivity contribution in [2.45, 2.75) is 4.90 Å². The number of hydrogen-bond acceptors (Lipinski definition) is 8. The molecule has 0 radical (unpaired) electrons. The number of methoxy groups -OCH3 is 2. The Morgan fingerprint density at radius 1 is 0.941 bits per heavy atom. The van der Waals surface area contributed by atoms with E-state index < -0.39 is 32.5 Å². The van der Waals surface area contributed by atoms with Gasteiger partial charge in [-0.25, -0.2) is 13.2 Å². The van der Waals surface area contributed by atoms with Crippen LogP contribution in [0.5, 0.6) is 5.75 Å². The van der Waals surface area contributed by atoms with Crippen LogP contribution in [-0.2, 0) is 14.8 Å².